The number of amides is 2. The van der Waals surface area contributed by atoms with E-state index < -0.39 is 6.17 Å². The fourth-order valence-corrected chi connectivity index (χ4v) is 3.39. The zero-order valence-corrected chi connectivity index (χ0v) is 16.6. The first-order valence-electron chi connectivity index (χ1n) is 9.39. The van der Waals surface area contributed by atoms with Crippen LogP contribution in [0.15, 0.2) is 72.8 Å². The second kappa shape index (κ2) is 8.16. The summed E-state index contributed by atoms with van der Waals surface area (Å²) in [6, 6.07) is 21.3. The van der Waals surface area contributed by atoms with Crippen LogP contribution in [0.1, 0.15) is 32.4 Å². The Bertz CT molecular complexity index is 1080. The number of methoxy groups -OCH3 is 2. The van der Waals surface area contributed by atoms with Gasteiger partial charge in [0, 0.05) is 16.8 Å². The normalized spacial score (nSPS) is 15.1. The van der Waals surface area contributed by atoms with E-state index in [4.69, 9.17) is 9.47 Å². The molecule has 30 heavy (non-hydrogen) atoms. The highest BCUT2D eigenvalue weighted by atomic mass is 16.5. The van der Waals surface area contributed by atoms with Crippen LogP contribution >= 0.6 is 0 Å². The molecule has 0 fully saturated rings. The summed E-state index contributed by atoms with van der Waals surface area (Å²) >= 11 is 0. The van der Waals surface area contributed by atoms with Gasteiger partial charge in [-0.1, -0.05) is 36.4 Å². The lowest BCUT2D eigenvalue weighted by Crippen LogP contribution is -2.52. The number of rotatable bonds is 5. The Morgan fingerprint density at radius 2 is 1.63 bits per heavy atom. The molecule has 1 aliphatic rings. The SMILES string of the molecule is COc1ccc([C@H]2Nc3ccccc3C(=O)N2NC(=O)c2ccccc2)cc1OC. The largest absolute Gasteiger partial charge is 0.493 e. The maximum absolute atomic E-state index is 13.3. The molecule has 3 aromatic rings. The summed E-state index contributed by atoms with van der Waals surface area (Å²) in [4.78, 5) is 26.1. The molecular formula is C23H21N3O4. The third-order valence-electron chi connectivity index (χ3n) is 4.91. The fourth-order valence-electron chi connectivity index (χ4n) is 3.39. The van der Waals surface area contributed by atoms with E-state index in [1.807, 2.05) is 24.3 Å². The standard InChI is InChI=1S/C23H21N3O4/c1-29-19-13-12-16(14-20(19)30-2)21-24-18-11-7-6-10-17(18)23(28)26(21)25-22(27)15-8-4-3-5-9-15/h3-14,21,24H,1-2H3,(H,25,27)/t21-/m0/s1. The third-order valence-corrected chi connectivity index (χ3v) is 4.91. The number of anilines is 1. The van der Waals surface area contributed by atoms with Gasteiger partial charge < -0.3 is 14.8 Å². The third kappa shape index (κ3) is 3.53. The minimum atomic E-state index is -0.639. The second-order valence-corrected chi connectivity index (χ2v) is 6.69. The van der Waals surface area contributed by atoms with Crippen molar-refractivity contribution in [3.05, 3.63) is 89.5 Å². The molecule has 0 spiro atoms. The van der Waals surface area contributed by atoms with E-state index in [-0.39, 0.29) is 11.8 Å². The summed E-state index contributed by atoms with van der Waals surface area (Å²) in [5, 5.41) is 4.64. The van der Waals surface area contributed by atoms with Gasteiger partial charge in [0.1, 0.15) is 6.17 Å². The Morgan fingerprint density at radius 3 is 2.37 bits per heavy atom. The summed E-state index contributed by atoms with van der Waals surface area (Å²) in [7, 11) is 3.11. The van der Waals surface area contributed by atoms with Crippen LogP contribution < -0.4 is 20.2 Å². The van der Waals surface area contributed by atoms with Crippen molar-refractivity contribution in [1.29, 1.82) is 0 Å². The first kappa shape index (κ1) is 19.3. The van der Waals surface area contributed by atoms with Crippen molar-refractivity contribution in [2.45, 2.75) is 6.17 Å². The van der Waals surface area contributed by atoms with Crippen molar-refractivity contribution in [1.82, 2.24) is 10.4 Å². The number of hydrogen-bond donors (Lipinski definition) is 2. The Kier molecular flexibility index (Phi) is 5.26. The lowest BCUT2D eigenvalue weighted by atomic mass is 10.0. The highest BCUT2D eigenvalue weighted by Crippen LogP contribution is 2.36. The van der Waals surface area contributed by atoms with E-state index in [9.17, 15) is 9.59 Å². The zero-order chi connectivity index (χ0) is 21.1. The topological polar surface area (TPSA) is 79.9 Å². The van der Waals surface area contributed by atoms with Gasteiger partial charge in [-0.3, -0.25) is 15.0 Å². The van der Waals surface area contributed by atoms with E-state index in [1.54, 1.807) is 62.8 Å². The monoisotopic (exact) mass is 403 g/mol. The Balaban J connectivity index is 1.74. The van der Waals surface area contributed by atoms with Gasteiger partial charge in [-0.25, -0.2) is 5.01 Å². The molecule has 0 saturated carbocycles. The number of fused-ring (bicyclic) bond motifs is 1. The molecular weight excluding hydrogens is 382 g/mol. The van der Waals surface area contributed by atoms with E-state index in [0.717, 1.165) is 5.56 Å². The van der Waals surface area contributed by atoms with Gasteiger partial charge in [0.25, 0.3) is 11.8 Å². The van der Waals surface area contributed by atoms with E-state index in [2.05, 4.69) is 10.7 Å². The minimum absolute atomic E-state index is 0.312. The molecule has 1 atom stereocenters. The van der Waals surface area contributed by atoms with Crippen molar-refractivity contribution in [2.24, 2.45) is 0 Å². The molecule has 1 aliphatic heterocycles. The summed E-state index contributed by atoms with van der Waals surface area (Å²) in [5.41, 5.74) is 5.09. The van der Waals surface area contributed by atoms with Crippen LogP contribution in [0.25, 0.3) is 0 Å². The number of hydrazine groups is 1. The predicted molar refractivity (Wildman–Crippen MR) is 112 cm³/mol. The van der Waals surface area contributed by atoms with Gasteiger partial charge in [-0.05, 0) is 36.4 Å². The van der Waals surface area contributed by atoms with Crippen LogP contribution in [0.4, 0.5) is 5.69 Å². The Labute approximate surface area is 174 Å². The average Bonchev–Trinajstić information content (AvgIpc) is 2.80. The van der Waals surface area contributed by atoms with Gasteiger partial charge in [0.15, 0.2) is 11.5 Å². The fraction of sp³-hybridized carbons (Fsp3) is 0.130. The number of carbonyl (C=O) groups excluding carboxylic acids is 2. The molecule has 0 aromatic heterocycles. The molecule has 2 N–H and O–H groups in total. The molecule has 7 nitrogen and oxygen atoms in total. The van der Waals surface area contributed by atoms with Gasteiger partial charge in [-0.2, -0.15) is 0 Å². The van der Waals surface area contributed by atoms with Crippen molar-refractivity contribution in [3.8, 4) is 11.5 Å². The molecule has 4 rings (SSSR count). The second-order valence-electron chi connectivity index (χ2n) is 6.69. The number of ether oxygens (including phenoxy) is 2. The summed E-state index contributed by atoms with van der Waals surface area (Å²) in [6.45, 7) is 0. The maximum atomic E-state index is 13.3. The van der Waals surface area contributed by atoms with Crippen LogP contribution in [-0.2, 0) is 0 Å². The smallest absolute Gasteiger partial charge is 0.276 e. The number of carbonyl (C=O) groups is 2. The number of para-hydroxylation sites is 1. The average molecular weight is 403 g/mol. The Morgan fingerprint density at radius 1 is 0.933 bits per heavy atom. The molecule has 7 heteroatoms. The highest BCUT2D eigenvalue weighted by Gasteiger charge is 2.34. The van der Waals surface area contributed by atoms with E-state index in [1.165, 1.54) is 5.01 Å². The van der Waals surface area contributed by atoms with Crippen molar-refractivity contribution in [3.63, 3.8) is 0 Å². The van der Waals surface area contributed by atoms with Gasteiger partial charge >= 0.3 is 0 Å². The maximum Gasteiger partial charge on any atom is 0.276 e. The number of nitrogens with zero attached hydrogens (tertiary/aromatic N) is 1. The van der Waals surface area contributed by atoms with Crippen LogP contribution in [0.2, 0.25) is 0 Å². The van der Waals surface area contributed by atoms with E-state index in [0.29, 0.717) is 28.3 Å². The molecule has 0 bridgehead atoms. The van der Waals surface area contributed by atoms with Crippen LogP contribution in [0, 0.1) is 0 Å². The lowest BCUT2D eigenvalue weighted by Gasteiger charge is -2.37. The van der Waals surface area contributed by atoms with Crippen molar-refractivity contribution in [2.75, 3.05) is 19.5 Å². The predicted octanol–water partition coefficient (Wildman–Crippen LogP) is 3.62. The van der Waals surface area contributed by atoms with Crippen molar-refractivity contribution >= 4 is 17.5 Å². The van der Waals surface area contributed by atoms with Crippen molar-refractivity contribution < 1.29 is 19.1 Å². The quantitative estimate of drug-likeness (QED) is 0.680. The number of benzene rings is 3. The van der Waals surface area contributed by atoms with Gasteiger partial charge in [0.2, 0.25) is 0 Å². The lowest BCUT2D eigenvalue weighted by molar-refractivity contribution is 0.0490. The number of hydrogen-bond acceptors (Lipinski definition) is 5. The van der Waals surface area contributed by atoms with Crippen LogP contribution in [0.5, 0.6) is 11.5 Å². The molecule has 0 saturated heterocycles. The number of nitrogens with one attached hydrogen (secondary N) is 2. The molecule has 1 heterocycles. The first-order chi connectivity index (χ1) is 14.6. The summed E-state index contributed by atoms with van der Waals surface area (Å²) in [5.74, 6) is 0.408. The Hall–Kier alpha value is -4.00. The molecule has 0 radical (unpaired) electrons. The molecule has 0 aliphatic carbocycles. The minimum Gasteiger partial charge on any atom is -0.493 e. The first-order valence-corrected chi connectivity index (χ1v) is 9.39. The summed E-state index contributed by atoms with van der Waals surface area (Å²) < 4.78 is 10.7. The highest BCUT2D eigenvalue weighted by molar-refractivity contribution is 6.04. The van der Waals surface area contributed by atoms with Crippen LogP contribution in [-0.4, -0.2) is 31.0 Å². The van der Waals surface area contributed by atoms with Gasteiger partial charge in [-0.15, -0.1) is 0 Å². The molecule has 0 unspecified atom stereocenters. The summed E-state index contributed by atoms with van der Waals surface area (Å²) in [6.07, 6.45) is -0.639. The zero-order valence-electron chi connectivity index (χ0n) is 16.6. The molecule has 3 aromatic carbocycles. The van der Waals surface area contributed by atoms with Gasteiger partial charge in [0.05, 0.1) is 19.8 Å². The van der Waals surface area contributed by atoms with Crippen LogP contribution in [0.3, 0.4) is 0 Å². The van der Waals surface area contributed by atoms with E-state index >= 15 is 0 Å². The molecule has 2 amide bonds. The molecule has 152 valence electrons.